The summed E-state index contributed by atoms with van der Waals surface area (Å²) in [5.74, 6) is 0. The summed E-state index contributed by atoms with van der Waals surface area (Å²) in [7, 11) is 3.77. The average Bonchev–Trinajstić information content (AvgIpc) is 1.69. The van der Waals surface area contributed by atoms with E-state index >= 15 is 0 Å². The van der Waals surface area contributed by atoms with Crippen molar-refractivity contribution < 1.29 is 0 Å². The molecular weight excluding hydrogens is 102 g/mol. The van der Waals surface area contributed by atoms with Crippen LogP contribution < -0.4 is 10.9 Å². The Morgan fingerprint density at radius 2 is 1.50 bits per heavy atom. The Kier molecular flexibility index (Phi) is 3.77. The van der Waals surface area contributed by atoms with Gasteiger partial charge in [0.15, 0.2) is 0 Å². The normalized spacial score (nSPS) is 11.2. The Bertz CT molecular complexity index is 49.6. The zero-order valence-electron chi connectivity index (χ0n) is 6.02. The summed E-state index contributed by atoms with van der Waals surface area (Å²) in [5, 5.41) is 1.92. The predicted molar refractivity (Wildman–Crippen MR) is 35.1 cm³/mol. The van der Waals surface area contributed by atoms with E-state index < -0.39 is 0 Å². The van der Waals surface area contributed by atoms with Crippen LogP contribution in [0.2, 0.25) is 0 Å². The van der Waals surface area contributed by atoms with Gasteiger partial charge in [-0.25, -0.2) is 10.9 Å². The third-order valence-corrected chi connectivity index (χ3v) is 0.998. The van der Waals surface area contributed by atoms with Crippen LogP contribution in [0.4, 0.5) is 0 Å². The Morgan fingerprint density at radius 1 is 1.12 bits per heavy atom. The van der Waals surface area contributed by atoms with Crippen molar-refractivity contribution >= 4 is 0 Å². The van der Waals surface area contributed by atoms with Gasteiger partial charge in [0, 0.05) is 20.1 Å². The van der Waals surface area contributed by atoms with Crippen molar-refractivity contribution in [3.63, 3.8) is 0 Å². The highest BCUT2D eigenvalue weighted by Crippen LogP contribution is 1.83. The second-order valence-corrected chi connectivity index (χ2v) is 1.91. The van der Waals surface area contributed by atoms with Gasteiger partial charge in [0.05, 0.1) is 0 Å². The van der Waals surface area contributed by atoms with E-state index in [1.165, 1.54) is 0 Å². The van der Waals surface area contributed by atoms with E-state index in [4.69, 9.17) is 0 Å². The lowest BCUT2D eigenvalue weighted by Gasteiger charge is -2.23. The van der Waals surface area contributed by atoms with E-state index in [0.29, 0.717) is 6.04 Å². The monoisotopic (exact) mass is 117 g/mol. The van der Waals surface area contributed by atoms with Gasteiger partial charge in [-0.15, -0.1) is 0 Å². The summed E-state index contributed by atoms with van der Waals surface area (Å²) in [6.45, 7) is 4.21. The molecule has 0 aromatic carbocycles. The number of rotatable bonds is 3. The molecule has 0 saturated heterocycles. The molecule has 3 heteroatoms. The van der Waals surface area contributed by atoms with E-state index in [1.807, 2.05) is 19.2 Å². The molecule has 3 nitrogen and oxygen atoms in total. The summed E-state index contributed by atoms with van der Waals surface area (Å²) in [4.78, 5) is 0. The summed E-state index contributed by atoms with van der Waals surface area (Å²) >= 11 is 0. The minimum absolute atomic E-state index is 0.491. The van der Waals surface area contributed by atoms with E-state index in [1.54, 1.807) is 0 Å². The lowest BCUT2D eigenvalue weighted by Crippen LogP contribution is -2.48. The molecule has 0 aromatic heterocycles. The molecule has 2 N–H and O–H groups in total. The van der Waals surface area contributed by atoms with Crippen molar-refractivity contribution in [3.05, 3.63) is 0 Å². The smallest absolute Gasteiger partial charge is 0.0343 e. The number of hydrogen-bond acceptors (Lipinski definition) is 3. The van der Waals surface area contributed by atoms with Crippen molar-refractivity contribution in [2.45, 2.75) is 19.9 Å². The maximum atomic E-state index is 2.97. The molecule has 50 valence electrons. The second kappa shape index (κ2) is 3.83. The van der Waals surface area contributed by atoms with E-state index in [9.17, 15) is 0 Å². The molecule has 0 spiro atoms. The van der Waals surface area contributed by atoms with Crippen LogP contribution in [0, 0.1) is 0 Å². The molecule has 0 heterocycles. The number of hydrazine groups is 2. The van der Waals surface area contributed by atoms with E-state index in [0.717, 1.165) is 0 Å². The van der Waals surface area contributed by atoms with Crippen LogP contribution in [0.5, 0.6) is 0 Å². The standard InChI is InChI=1S/C5H15N3/c1-5(2)8(6-3)7-4/h5-7H,1-4H3. The SMILES string of the molecule is CNN(NC)C(C)C. The molecule has 0 aliphatic heterocycles. The minimum Gasteiger partial charge on any atom is -0.244 e. The summed E-state index contributed by atoms with van der Waals surface area (Å²) in [6, 6.07) is 0.491. The van der Waals surface area contributed by atoms with Crippen molar-refractivity contribution in [2.75, 3.05) is 14.1 Å². The second-order valence-electron chi connectivity index (χ2n) is 1.91. The van der Waals surface area contributed by atoms with Crippen molar-refractivity contribution in [2.24, 2.45) is 0 Å². The zero-order valence-corrected chi connectivity index (χ0v) is 6.02. The Hall–Kier alpha value is -0.120. The average molecular weight is 117 g/mol. The quantitative estimate of drug-likeness (QED) is 0.508. The van der Waals surface area contributed by atoms with E-state index in [-0.39, 0.29) is 0 Å². The molecule has 0 aliphatic rings. The van der Waals surface area contributed by atoms with E-state index in [2.05, 4.69) is 24.7 Å². The first kappa shape index (κ1) is 7.88. The molecule has 0 unspecified atom stereocenters. The Labute approximate surface area is 51.0 Å². The molecular formula is C5H15N3. The Morgan fingerprint density at radius 3 is 1.50 bits per heavy atom. The molecule has 0 amide bonds. The molecule has 0 rings (SSSR count). The van der Waals surface area contributed by atoms with Gasteiger partial charge in [0.2, 0.25) is 0 Å². The van der Waals surface area contributed by atoms with Crippen LogP contribution in [-0.4, -0.2) is 25.3 Å². The molecule has 0 atom stereocenters. The maximum Gasteiger partial charge on any atom is 0.0343 e. The van der Waals surface area contributed by atoms with Gasteiger partial charge in [0.25, 0.3) is 0 Å². The first-order valence-electron chi connectivity index (χ1n) is 2.86. The fourth-order valence-corrected chi connectivity index (χ4v) is 0.628. The third-order valence-electron chi connectivity index (χ3n) is 0.998. The maximum absolute atomic E-state index is 2.97. The third kappa shape index (κ3) is 2.26. The lowest BCUT2D eigenvalue weighted by molar-refractivity contribution is 0.103. The lowest BCUT2D eigenvalue weighted by atomic mass is 10.4. The number of nitrogens with one attached hydrogen (secondary N) is 2. The molecule has 0 aromatic rings. The number of hydrogen-bond donors (Lipinski definition) is 2. The van der Waals surface area contributed by atoms with Gasteiger partial charge in [-0.2, -0.15) is 5.12 Å². The zero-order chi connectivity index (χ0) is 6.57. The van der Waals surface area contributed by atoms with Gasteiger partial charge < -0.3 is 0 Å². The van der Waals surface area contributed by atoms with Crippen LogP contribution in [0.1, 0.15) is 13.8 Å². The van der Waals surface area contributed by atoms with Crippen LogP contribution in [-0.2, 0) is 0 Å². The highest BCUT2D eigenvalue weighted by molar-refractivity contribution is 4.46. The van der Waals surface area contributed by atoms with Crippen molar-refractivity contribution in [1.29, 1.82) is 0 Å². The molecule has 0 aliphatic carbocycles. The number of nitrogens with zero attached hydrogens (tertiary/aromatic N) is 1. The van der Waals surface area contributed by atoms with Crippen LogP contribution in [0.15, 0.2) is 0 Å². The molecule has 8 heavy (non-hydrogen) atoms. The molecule has 0 saturated carbocycles. The van der Waals surface area contributed by atoms with Crippen LogP contribution in [0.25, 0.3) is 0 Å². The summed E-state index contributed by atoms with van der Waals surface area (Å²) in [6.07, 6.45) is 0. The Balaban J connectivity index is 3.35. The molecule has 0 fully saturated rings. The van der Waals surface area contributed by atoms with Gasteiger partial charge in [0.1, 0.15) is 0 Å². The van der Waals surface area contributed by atoms with Gasteiger partial charge in [-0.1, -0.05) is 0 Å². The largest absolute Gasteiger partial charge is 0.244 e. The summed E-state index contributed by atoms with van der Waals surface area (Å²) in [5.41, 5.74) is 5.95. The highest BCUT2D eigenvalue weighted by Gasteiger charge is 2.00. The topological polar surface area (TPSA) is 27.3 Å². The highest BCUT2D eigenvalue weighted by atomic mass is 15.7. The molecule has 0 radical (unpaired) electrons. The van der Waals surface area contributed by atoms with Crippen LogP contribution in [0.3, 0.4) is 0 Å². The predicted octanol–water partition coefficient (Wildman–Crippen LogP) is -0.0344. The van der Waals surface area contributed by atoms with Gasteiger partial charge in [-0.05, 0) is 13.8 Å². The fraction of sp³-hybridized carbons (Fsp3) is 1.00. The first-order chi connectivity index (χ1) is 3.72. The van der Waals surface area contributed by atoms with Gasteiger partial charge in [-0.3, -0.25) is 0 Å². The molecule has 0 bridgehead atoms. The van der Waals surface area contributed by atoms with Crippen molar-refractivity contribution in [3.8, 4) is 0 Å². The van der Waals surface area contributed by atoms with Crippen molar-refractivity contribution in [1.82, 2.24) is 16.0 Å². The first-order valence-corrected chi connectivity index (χ1v) is 2.86. The fourth-order valence-electron chi connectivity index (χ4n) is 0.628. The minimum atomic E-state index is 0.491. The summed E-state index contributed by atoms with van der Waals surface area (Å²) < 4.78 is 0. The van der Waals surface area contributed by atoms with Crippen LogP contribution >= 0.6 is 0 Å². The van der Waals surface area contributed by atoms with Gasteiger partial charge >= 0.3 is 0 Å².